The highest BCUT2D eigenvalue weighted by molar-refractivity contribution is 7.99. The van der Waals surface area contributed by atoms with Crippen molar-refractivity contribution in [3.63, 3.8) is 0 Å². The first-order chi connectivity index (χ1) is 12.4. The van der Waals surface area contributed by atoms with Gasteiger partial charge < -0.3 is 0 Å². The van der Waals surface area contributed by atoms with E-state index in [4.69, 9.17) is 0 Å². The molecule has 0 amide bonds. The monoisotopic (exact) mass is 342 g/mol. The molecule has 0 aliphatic carbocycles. The first-order valence-electron chi connectivity index (χ1n) is 8.98. The Balaban J connectivity index is 1.31. The zero-order chi connectivity index (χ0) is 16.9. The summed E-state index contributed by atoms with van der Waals surface area (Å²) in [6.45, 7) is 0. The Morgan fingerprint density at radius 2 is 1.36 bits per heavy atom. The van der Waals surface area contributed by atoms with Crippen LogP contribution in [0.1, 0.15) is 18.4 Å². The second-order valence-corrected chi connectivity index (χ2v) is 7.62. The lowest BCUT2D eigenvalue weighted by atomic mass is 10.0. The smallest absolute Gasteiger partial charge is 0.00783 e. The van der Waals surface area contributed by atoms with Crippen molar-refractivity contribution >= 4 is 33.3 Å². The van der Waals surface area contributed by atoms with E-state index in [9.17, 15) is 0 Å². The van der Waals surface area contributed by atoms with Crippen LogP contribution < -0.4 is 0 Å². The Labute approximate surface area is 153 Å². The van der Waals surface area contributed by atoms with Gasteiger partial charge in [0, 0.05) is 4.90 Å². The van der Waals surface area contributed by atoms with Crippen LogP contribution in [-0.4, -0.2) is 5.75 Å². The number of benzene rings is 4. The van der Waals surface area contributed by atoms with Gasteiger partial charge in [0.25, 0.3) is 0 Å². The van der Waals surface area contributed by atoms with Crippen LogP contribution in [0.3, 0.4) is 0 Å². The van der Waals surface area contributed by atoms with Gasteiger partial charge in [-0.15, -0.1) is 11.8 Å². The molecule has 1 heteroatoms. The molecule has 0 aromatic heterocycles. The summed E-state index contributed by atoms with van der Waals surface area (Å²) in [5, 5.41) is 5.42. The van der Waals surface area contributed by atoms with Gasteiger partial charge in [-0.25, -0.2) is 0 Å². The van der Waals surface area contributed by atoms with Gasteiger partial charge in [0.05, 0.1) is 0 Å². The van der Waals surface area contributed by atoms with Crippen molar-refractivity contribution < 1.29 is 0 Å². The van der Waals surface area contributed by atoms with Crippen molar-refractivity contribution in [2.45, 2.75) is 24.2 Å². The quantitative estimate of drug-likeness (QED) is 0.266. The third-order valence-corrected chi connectivity index (χ3v) is 5.79. The predicted molar refractivity (Wildman–Crippen MR) is 112 cm³/mol. The fourth-order valence-corrected chi connectivity index (χ4v) is 4.33. The third kappa shape index (κ3) is 3.88. The molecule has 4 rings (SSSR count). The maximum absolute atomic E-state index is 2.31. The summed E-state index contributed by atoms with van der Waals surface area (Å²) in [5.74, 6) is 1.18. The maximum atomic E-state index is 2.31. The number of rotatable bonds is 6. The van der Waals surface area contributed by atoms with Crippen molar-refractivity contribution in [1.29, 1.82) is 0 Å². The summed E-state index contributed by atoms with van der Waals surface area (Å²) >= 11 is 1.97. The molecule has 0 saturated heterocycles. The normalized spacial score (nSPS) is 11.2. The molecule has 0 aliphatic rings. The summed E-state index contributed by atoms with van der Waals surface area (Å²) in [6.07, 6.45) is 3.66. The highest BCUT2D eigenvalue weighted by Crippen LogP contribution is 2.25. The lowest BCUT2D eigenvalue weighted by molar-refractivity contribution is 0.806. The van der Waals surface area contributed by atoms with E-state index in [2.05, 4.69) is 84.9 Å². The van der Waals surface area contributed by atoms with Crippen LogP contribution in [-0.2, 0) is 6.42 Å². The first kappa shape index (κ1) is 16.2. The molecule has 0 bridgehead atoms. The highest BCUT2D eigenvalue weighted by atomic mass is 32.2. The van der Waals surface area contributed by atoms with Crippen LogP contribution >= 0.6 is 11.8 Å². The summed E-state index contributed by atoms with van der Waals surface area (Å²) < 4.78 is 0. The minimum atomic E-state index is 1.17. The number of fused-ring (bicyclic) bond motifs is 2. The summed E-state index contributed by atoms with van der Waals surface area (Å²) in [4.78, 5) is 1.38. The maximum Gasteiger partial charge on any atom is 0.00783 e. The topological polar surface area (TPSA) is 0 Å². The molecular weight excluding hydrogens is 320 g/mol. The van der Waals surface area contributed by atoms with E-state index < -0.39 is 0 Å². The third-order valence-electron chi connectivity index (χ3n) is 4.71. The Kier molecular flexibility index (Phi) is 5.03. The molecule has 0 nitrogen and oxygen atoms in total. The van der Waals surface area contributed by atoms with E-state index in [1.54, 1.807) is 0 Å². The van der Waals surface area contributed by atoms with Crippen molar-refractivity contribution in [2.24, 2.45) is 0 Å². The molecule has 124 valence electrons. The molecule has 4 aromatic rings. The van der Waals surface area contributed by atoms with Gasteiger partial charge in [0.2, 0.25) is 0 Å². The second kappa shape index (κ2) is 7.76. The highest BCUT2D eigenvalue weighted by Gasteiger charge is 2.01. The number of aryl methyl sites for hydroxylation is 1. The molecule has 0 heterocycles. The average molecular weight is 343 g/mol. The van der Waals surface area contributed by atoms with Gasteiger partial charge >= 0.3 is 0 Å². The van der Waals surface area contributed by atoms with Gasteiger partial charge in [0.15, 0.2) is 0 Å². The Bertz CT molecular complexity index is 982. The standard InChI is InChI=1S/C24H22S/c1-2-11-22-18-23(16-15-19(22)8-1)25-17-6-5-10-21-13-7-12-20-9-3-4-14-24(20)21/h1-4,7-9,11-16,18H,5-6,10,17H2. The van der Waals surface area contributed by atoms with Gasteiger partial charge in [-0.1, -0.05) is 72.8 Å². The number of thioether (sulfide) groups is 1. The van der Waals surface area contributed by atoms with Crippen LogP contribution in [0, 0.1) is 0 Å². The van der Waals surface area contributed by atoms with Crippen LogP contribution in [0.5, 0.6) is 0 Å². The van der Waals surface area contributed by atoms with Crippen LogP contribution in [0.4, 0.5) is 0 Å². The molecule has 4 aromatic carbocycles. The molecule has 0 atom stereocenters. The Hall–Kier alpha value is -2.25. The van der Waals surface area contributed by atoms with Crippen molar-refractivity contribution in [1.82, 2.24) is 0 Å². The molecular formula is C24H22S. The lowest BCUT2D eigenvalue weighted by Gasteiger charge is -2.07. The summed E-state index contributed by atoms with van der Waals surface area (Å²) in [6, 6.07) is 30.7. The van der Waals surface area contributed by atoms with Gasteiger partial charge in [0.1, 0.15) is 0 Å². The minimum absolute atomic E-state index is 1.17. The molecule has 25 heavy (non-hydrogen) atoms. The van der Waals surface area contributed by atoms with Crippen LogP contribution in [0.15, 0.2) is 89.8 Å². The largest absolute Gasteiger partial charge is 0.126 e. The van der Waals surface area contributed by atoms with Gasteiger partial charge in [-0.3, -0.25) is 0 Å². The average Bonchev–Trinajstić information content (AvgIpc) is 2.68. The molecule has 0 aliphatic heterocycles. The molecule has 0 unspecified atom stereocenters. The van der Waals surface area contributed by atoms with Crippen molar-refractivity contribution in [2.75, 3.05) is 5.75 Å². The van der Waals surface area contributed by atoms with Crippen molar-refractivity contribution in [3.8, 4) is 0 Å². The number of hydrogen-bond acceptors (Lipinski definition) is 1. The van der Waals surface area contributed by atoms with E-state index in [1.807, 2.05) is 11.8 Å². The van der Waals surface area contributed by atoms with Gasteiger partial charge in [-0.05, 0) is 64.3 Å². The number of hydrogen-bond donors (Lipinski definition) is 0. The fourth-order valence-electron chi connectivity index (χ4n) is 3.38. The first-order valence-corrected chi connectivity index (χ1v) is 9.97. The predicted octanol–water partition coefficient (Wildman–Crippen LogP) is 7.11. The Morgan fingerprint density at radius 1 is 0.600 bits per heavy atom. The molecule has 0 N–H and O–H groups in total. The van der Waals surface area contributed by atoms with Crippen molar-refractivity contribution in [3.05, 3.63) is 90.5 Å². The Morgan fingerprint density at radius 3 is 2.28 bits per heavy atom. The lowest BCUT2D eigenvalue weighted by Crippen LogP contribution is -1.89. The minimum Gasteiger partial charge on any atom is -0.126 e. The molecule has 0 spiro atoms. The van der Waals surface area contributed by atoms with E-state index in [0.29, 0.717) is 0 Å². The summed E-state index contributed by atoms with van der Waals surface area (Å²) in [7, 11) is 0. The fraction of sp³-hybridized carbons (Fsp3) is 0.167. The SMILES string of the molecule is c1ccc2cc(SCCCCc3cccc4ccccc34)ccc2c1. The summed E-state index contributed by atoms with van der Waals surface area (Å²) in [5.41, 5.74) is 1.48. The molecule has 0 saturated carbocycles. The second-order valence-electron chi connectivity index (χ2n) is 6.45. The molecule has 0 radical (unpaired) electrons. The number of unbranched alkanes of at least 4 members (excludes halogenated alkanes) is 1. The van der Waals surface area contributed by atoms with E-state index in [-0.39, 0.29) is 0 Å². The van der Waals surface area contributed by atoms with Gasteiger partial charge in [-0.2, -0.15) is 0 Å². The van der Waals surface area contributed by atoms with E-state index in [1.165, 1.54) is 57.0 Å². The van der Waals surface area contributed by atoms with E-state index in [0.717, 1.165) is 0 Å². The molecule has 0 fully saturated rings. The zero-order valence-electron chi connectivity index (χ0n) is 14.3. The zero-order valence-corrected chi connectivity index (χ0v) is 15.1. The van der Waals surface area contributed by atoms with Crippen LogP contribution in [0.2, 0.25) is 0 Å². The van der Waals surface area contributed by atoms with Crippen LogP contribution in [0.25, 0.3) is 21.5 Å². The van der Waals surface area contributed by atoms with E-state index >= 15 is 0 Å².